The van der Waals surface area contributed by atoms with Crippen molar-refractivity contribution in [3.63, 3.8) is 0 Å². The summed E-state index contributed by atoms with van der Waals surface area (Å²) in [5.74, 6) is -0.286. The number of methoxy groups -OCH3 is 1. The summed E-state index contributed by atoms with van der Waals surface area (Å²) < 4.78 is 34.5. The van der Waals surface area contributed by atoms with Gasteiger partial charge in [0.05, 0.1) is 30.7 Å². The summed E-state index contributed by atoms with van der Waals surface area (Å²) in [7, 11) is 1.47. The Morgan fingerprint density at radius 3 is 2.68 bits per heavy atom. The molecule has 12 heteroatoms. The van der Waals surface area contributed by atoms with E-state index in [1.807, 2.05) is 0 Å². The van der Waals surface area contributed by atoms with Crippen LogP contribution in [-0.4, -0.2) is 45.8 Å². The molecule has 4 rings (SSSR count). The van der Waals surface area contributed by atoms with E-state index in [9.17, 15) is 18.4 Å². The number of alkyl halides is 2. The highest BCUT2D eigenvalue weighted by Crippen LogP contribution is 2.34. The highest BCUT2D eigenvalue weighted by atomic mass is 35.5. The molecule has 0 aliphatic carbocycles. The Bertz CT molecular complexity index is 1300. The number of aromatic nitrogens is 1. The number of benzene rings is 2. The van der Waals surface area contributed by atoms with Gasteiger partial charge in [-0.05, 0) is 54.6 Å². The van der Waals surface area contributed by atoms with Crippen LogP contribution in [0.1, 0.15) is 12.1 Å². The van der Waals surface area contributed by atoms with Crippen LogP contribution in [0.3, 0.4) is 0 Å². The van der Waals surface area contributed by atoms with Crippen molar-refractivity contribution in [3.8, 4) is 11.5 Å². The summed E-state index contributed by atoms with van der Waals surface area (Å²) in [6.07, 6.45) is 1.49. The Morgan fingerprint density at radius 1 is 1.22 bits per heavy atom. The minimum atomic E-state index is -2.94. The van der Waals surface area contributed by atoms with Gasteiger partial charge in [0.1, 0.15) is 16.7 Å². The predicted octanol–water partition coefficient (Wildman–Crippen LogP) is 5.51. The van der Waals surface area contributed by atoms with Crippen molar-refractivity contribution in [2.75, 3.05) is 12.4 Å². The van der Waals surface area contributed by atoms with Gasteiger partial charge in [-0.1, -0.05) is 29.4 Å². The SMILES string of the molecule is COc1ccc(Cl)cc1NC(=O)C[C@@H]1SC(=Nc2ccc(OC(F)F)cc2)N(Cc2ccccn2)C1=O. The molecule has 0 bridgehead atoms. The Balaban J connectivity index is 1.54. The Hall–Kier alpha value is -3.70. The highest BCUT2D eigenvalue weighted by Gasteiger charge is 2.39. The molecule has 192 valence electrons. The van der Waals surface area contributed by atoms with Gasteiger partial charge >= 0.3 is 6.61 Å². The van der Waals surface area contributed by atoms with Crippen molar-refractivity contribution in [2.45, 2.75) is 24.8 Å². The third kappa shape index (κ3) is 6.95. The molecule has 2 amide bonds. The van der Waals surface area contributed by atoms with E-state index in [4.69, 9.17) is 16.3 Å². The van der Waals surface area contributed by atoms with Crippen molar-refractivity contribution in [2.24, 2.45) is 4.99 Å². The van der Waals surface area contributed by atoms with Crippen LogP contribution >= 0.6 is 23.4 Å². The lowest BCUT2D eigenvalue weighted by Crippen LogP contribution is -2.33. The molecule has 1 saturated heterocycles. The van der Waals surface area contributed by atoms with E-state index >= 15 is 0 Å². The first kappa shape index (κ1) is 26.4. The van der Waals surface area contributed by atoms with Crippen molar-refractivity contribution in [1.82, 2.24) is 9.88 Å². The number of aliphatic imine (C=N–C) groups is 1. The molecular weight excluding hydrogens is 526 g/mol. The van der Waals surface area contributed by atoms with Crippen molar-refractivity contribution in [1.29, 1.82) is 0 Å². The van der Waals surface area contributed by atoms with Gasteiger partial charge in [-0.25, -0.2) is 4.99 Å². The number of pyridine rings is 1. The fourth-order valence-corrected chi connectivity index (χ4v) is 4.81. The van der Waals surface area contributed by atoms with E-state index < -0.39 is 17.8 Å². The molecule has 1 atom stereocenters. The lowest BCUT2D eigenvalue weighted by molar-refractivity contribution is -0.128. The molecule has 3 aromatic rings. The largest absolute Gasteiger partial charge is 0.495 e. The summed E-state index contributed by atoms with van der Waals surface area (Å²) in [6.45, 7) is -2.79. The number of amides is 2. The summed E-state index contributed by atoms with van der Waals surface area (Å²) in [5, 5.41) is 2.78. The normalized spacial score (nSPS) is 16.4. The van der Waals surface area contributed by atoms with Gasteiger partial charge in [0.15, 0.2) is 5.17 Å². The van der Waals surface area contributed by atoms with Gasteiger partial charge in [-0.2, -0.15) is 8.78 Å². The topological polar surface area (TPSA) is 93.1 Å². The Morgan fingerprint density at radius 2 is 2.00 bits per heavy atom. The summed E-state index contributed by atoms with van der Waals surface area (Å²) in [4.78, 5) is 36.4. The second kappa shape index (κ2) is 12.0. The molecule has 0 saturated carbocycles. The lowest BCUT2D eigenvalue weighted by Gasteiger charge is -2.16. The van der Waals surface area contributed by atoms with Crippen LogP contribution in [0.4, 0.5) is 20.2 Å². The number of amidine groups is 1. The number of carbonyl (C=O) groups excluding carboxylic acids is 2. The maximum atomic E-state index is 13.3. The first-order valence-corrected chi connectivity index (χ1v) is 12.2. The molecule has 2 heterocycles. The number of carbonyl (C=O) groups is 2. The van der Waals surface area contributed by atoms with E-state index in [0.29, 0.717) is 33.0 Å². The van der Waals surface area contributed by atoms with Crippen LogP contribution in [0.2, 0.25) is 5.02 Å². The second-order valence-electron chi connectivity index (χ2n) is 7.72. The van der Waals surface area contributed by atoms with E-state index in [-0.39, 0.29) is 24.6 Å². The fourth-order valence-electron chi connectivity index (χ4n) is 3.48. The highest BCUT2D eigenvalue weighted by molar-refractivity contribution is 8.15. The number of nitrogens with zero attached hydrogens (tertiary/aromatic N) is 3. The smallest absolute Gasteiger partial charge is 0.387 e. The van der Waals surface area contributed by atoms with Crippen molar-refractivity contribution >= 4 is 51.7 Å². The molecule has 1 aliphatic heterocycles. The summed E-state index contributed by atoms with van der Waals surface area (Å²) in [5.41, 5.74) is 1.45. The number of nitrogens with one attached hydrogen (secondary N) is 1. The maximum Gasteiger partial charge on any atom is 0.387 e. The average molecular weight is 547 g/mol. The number of hydrogen-bond donors (Lipinski definition) is 1. The van der Waals surface area contributed by atoms with Crippen LogP contribution < -0.4 is 14.8 Å². The van der Waals surface area contributed by atoms with Crippen molar-refractivity contribution in [3.05, 3.63) is 77.6 Å². The summed E-state index contributed by atoms with van der Waals surface area (Å²) >= 11 is 7.18. The Kier molecular flexibility index (Phi) is 8.57. The minimum Gasteiger partial charge on any atom is -0.495 e. The Labute approximate surface area is 220 Å². The van der Waals surface area contributed by atoms with E-state index in [1.54, 1.807) is 42.6 Å². The number of ether oxygens (including phenoxy) is 2. The van der Waals surface area contributed by atoms with Crippen LogP contribution in [-0.2, 0) is 16.1 Å². The lowest BCUT2D eigenvalue weighted by atomic mass is 10.2. The third-order valence-electron chi connectivity index (χ3n) is 5.16. The molecule has 1 aliphatic rings. The van der Waals surface area contributed by atoms with Gasteiger partial charge < -0.3 is 14.8 Å². The standard InChI is InChI=1S/C25H21ClF2N4O4S/c1-35-20-10-5-15(26)12-19(20)31-22(33)13-21-23(34)32(14-17-4-2-3-11-29-17)25(37-21)30-16-6-8-18(9-7-16)36-24(27)28/h2-12,21,24H,13-14H2,1H3,(H,31,33)/t21-/m0/s1. The van der Waals surface area contributed by atoms with Crippen LogP contribution in [0.25, 0.3) is 0 Å². The molecule has 1 N–H and O–H groups in total. The van der Waals surface area contributed by atoms with Gasteiger partial charge in [0.2, 0.25) is 11.8 Å². The van der Waals surface area contributed by atoms with Crippen LogP contribution in [0, 0.1) is 0 Å². The predicted molar refractivity (Wildman–Crippen MR) is 138 cm³/mol. The van der Waals surface area contributed by atoms with Crippen LogP contribution in [0.15, 0.2) is 71.9 Å². The molecule has 8 nitrogen and oxygen atoms in total. The monoisotopic (exact) mass is 546 g/mol. The first-order chi connectivity index (χ1) is 17.8. The van der Waals surface area contributed by atoms with Gasteiger partial charge in [-0.3, -0.25) is 19.5 Å². The average Bonchev–Trinajstić information content (AvgIpc) is 3.14. The van der Waals surface area contributed by atoms with Gasteiger partial charge in [0, 0.05) is 17.6 Å². The van der Waals surface area contributed by atoms with Crippen molar-refractivity contribution < 1.29 is 27.8 Å². The molecular formula is C25H21ClF2N4O4S. The molecule has 37 heavy (non-hydrogen) atoms. The molecule has 1 fully saturated rings. The number of anilines is 1. The summed E-state index contributed by atoms with van der Waals surface area (Å²) in [6, 6.07) is 15.9. The number of thioether (sulfide) groups is 1. The number of rotatable bonds is 9. The number of halogens is 3. The maximum absolute atomic E-state index is 13.3. The second-order valence-corrected chi connectivity index (χ2v) is 9.32. The van der Waals surface area contributed by atoms with E-state index in [1.165, 1.54) is 36.3 Å². The van der Waals surface area contributed by atoms with Gasteiger partial charge in [0.25, 0.3) is 0 Å². The number of hydrogen-bond acceptors (Lipinski definition) is 7. The quantitative estimate of drug-likeness (QED) is 0.381. The zero-order valence-corrected chi connectivity index (χ0v) is 21.0. The molecule has 0 unspecified atom stereocenters. The molecule has 0 spiro atoms. The third-order valence-corrected chi connectivity index (χ3v) is 6.57. The fraction of sp³-hybridized carbons (Fsp3) is 0.200. The van der Waals surface area contributed by atoms with E-state index in [0.717, 1.165) is 11.8 Å². The molecule has 2 aromatic carbocycles. The minimum absolute atomic E-state index is 0.00886. The molecule has 1 aromatic heterocycles. The molecule has 0 radical (unpaired) electrons. The van der Waals surface area contributed by atoms with Gasteiger partial charge in [-0.15, -0.1) is 0 Å². The van der Waals surface area contributed by atoms with E-state index in [2.05, 4.69) is 20.0 Å². The zero-order valence-electron chi connectivity index (χ0n) is 19.4. The van der Waals surface area contributed by atoms with Crippen LogP contribution in [0.5, 0.6) is 11.5 Å². The zero-order chi connectivity index (χ0) is 26.4. The first-order valence-electron chi connectivity index (χ1n) is 11.0.